The fourth-order valence-corrected chi connectivity index (χ4v) is 2.67. The Morgan fingerprint density at radius 2 is 2.05 bits per heavy atom. The van der Waals surface area contributed by atoms with Crippen LogP contribution in [0.15, 0.2) is 42.5 Å². The molecule has 1 unspecified atom stereocenters. The summed E-state index contributed by atoms with van der Waals surface area (Å²) in [7, 11) is 1.70. The van der Waals surface area contributed by atoms with Gasteiger partial charge in [-0.15, -0.1) is 0 Å². The summed E-state index contributed by atoms with van der Waals surface area (Å²) in [6.45, 7) is 3.45. The Kier molecular flexibility index (Phi) is 3.61. The van der Waals surface area contributed by atoms with Gasteiger partial charge in [0.1, 0.15) is 5.75 Å². The molecule has 104 valence electrons. The van der Waals surface area contributed by atoms with Crippen LogP contribution in [0, 0.1) is 6.92 Å². The molecule has 0 saturated carbocycles. The third-order valence-corrected chi connectivity index (χ3v) is 3.71. The molecular formula is C17H19NO2. The van der Waals surface area contributed by atoms with Crippen molar-refractivity contribution in [3.05, 3.63) is 59.2 Å². The van der Waals surface area contributed by atoms with Gasteiger partial charge in [0.05, 0.1) is 26.4 Å². The summed E-state index contributed by atoms with van der Waals surface area (Å²) >= 11 is 0. The van der Waals surface area contributed by atoms with Crippen LogP contribution >= 0.6 is 0 Å². The number of hydrogen-bond acceptors (Lipinski definition) is 3. The van der Waals surface area contributed by atoms with Gasteiger partial charge >= 0.3 is 0 Å². The number of anilines is 1. The third kappa shape index (κ3) is 2.49. The molecule has 0 amide bonds. The average molecular weight is 269 g/mol. The lowest BCUT2D eigenvalue weighted by atomic mass is 9.99. The number of benzene rings is 2. The van der Waals surface area contributed by atoms with Crippen molar-refractivity contribution < 1.29 is 9.47 Å². The number of rotatable bonds is 3. The summed E-state index contributed by atoms with van der Waals surface area (Å²) in [5.74, 6) is 0.913. The van der Waals surface area contributed by atoms with Gasteiger partial charge in [-0.1, -0.05) is 24.3 Å². The number of fused-ring (bicyclic) bond motifs is 1. The molecule has 0 radical (unpaired) electrons. The van der Waals surface area contributed by atoms with Gasteiger partial charge in [-0.05, 0) is 41.8 Å². The molecule has 0 aliphatic carbocycles. The van der Waals surface area contributed by atoms with Crippen LogP contribution in [-0.2, 0) is 11.3 Å². The second kappa shape index (κ2) is 5.55. The highest BCUT2D eigenvalue weighted by Gasteiger charge is 2.20. The SMILES string of the molecule is COc1ccc(NC2COCc3ccccc32)cc1C. The van der Waals surface area contributed by atoms with E-state index in [9.17, 15) is 0 Å². The molecule has 20 heavy (non-hydrogen) atoms. The zero-order chi connectivity index (χ0) is 13.9. The predicted molar refractivity (Wildman–Crippen MR) is 80.2 cm³/mol. The highest BCUT2D eigenvalue weighted by molar-refractivity contribution is 5.52. The minimum absolute atomic E-state index is 0.202. The second-order valence-electron chi connectivity index (χ2n) is 5.10. The Morgan fingerprint density at radius 1 is 1.20 bits per heavy atom. The Hall–Kier alpha value is -2.00. The molecule has 3 rings (SSSR count). The van der Waals surface area contributed by atoms with E-state index in [2.05, 4.69) is 42.6 Å². The largest absolute Gasteiger partial charge is 0.496 e. The van der Waals surface area contributed by atoms with Crippen LogP contribution < -0.4 is 10.1 Å². The summed E-state index contributed by atoms with van der Waals surface area (Å²) < 4.78 is 11.0. The molecule has 1 atom stereocenters. The Bertz CT molecular complexity index is 610. The zero-order valence-corrected chi connectivity index (χ0v) is 11.8. The number of aryl methyl sites for hydroxylation is 1. The Balaban J connectivity index is 1.84. The standard InChI is InChI=1S/C17H19NO2/c1-12-9-14(7-8-17(12)19-2)18-16-11-20-10-13-5-3-4-6-15(13)16/h3-9,16,18H,10-11H2,1-2H3. The van der Waals surface area contributed by atoms with Gasteiger partial charge in [0.2, 0.25) is 0 Å². The molecule has 1 aliphatic rings. The van der Waals surface area contributed by atoms with Crippen LogP contribution in [0.4, 0.5) is 5.69 Å². The molecule has 0 saturated heterocycles. The molecule has 3 heteroatoms. The maximum Gasteiger partial charge on any atom is 0.121 e. The fraction of sp³-hybridized carbons (Fsp3) is 0.294. The first-order chi connectivity index (χ1) is 9.78. The molecular weight excluding hydrogens is 250 g/mol. The van der Waals surface area contributed by atoms with Crippen LogP contribution in [0.25, 0.3) is 0 Å². The van der Waals surface area contributed by atoms with Crippen molar-refractivity contribution >= 4 is 5.69 Å². The van der Waals surface area contributed by atoms with E-state index < -0.39 is 0 Å². The second-order valence-corrected chi connectivity index (χ2v) is 5.10. The van der Waals surface area contributed by atoms with Crippen molar-refractivity contribution in [3.63, 3.8) is 0 Å². The molecule has 1 heterocycles. The van der Waals surface area contributed by atoms with E-state index >= 15 is 0 Å². The Morgan fingerprint density at radius 3 is 2.85 bits per heavy atom. The van der Waals surface area contributed by atoms with Crippen LogP contribution in [-0.4, -0.2) is 13.7 Å². The van der Waals surface area contributed by atoms with Gasteiger partial charge in [-0.2, -0.15) is 0 Å². The molecule has 1 aliphatic heterocycles. The first-order valence-corrected chi connectivity index (χ1v) is 6.84. The monoisotopic (exact) mass is 269 g/mol. The number of ether oxygens (including phenoxy) is 2. The van der Waals surface area contributed by atoms with Crippen molar-refractivity contribution in [1.82, 2.24) is 0 Å². The van der Waals surface area contributed by atoms with Gasteiger partial charge in [-0.3, -0.25) is 0 Å². The van der Waals surface area contributed by atoms with E-state index in [0.29, 0.717) is 13.2 Å². The number of nitrogens with one attached hydrogen (secondary N) is 1. The summed E-state index contributed by atoms with van der Waals surface area (Å²) in [6, 6.07) is 14.8. The van der Waals surface area contributed by atoms with Crippen LogP contribution in [0.2, 0.25) is 0 Å². The molecule has 1 N–H and O–H groups in total. The van der Waals surface area contributed by atoms with Gasteiger partial charge in [0, 0.05) is 5.69 Å². The van der Waals surface area contributed by atoms with Crippen LogP contribution in [0.1, 0.15) is 22.7 Å². The predicted octanol–water partition coefficient (Wildman–Crippen LogP) is 3.69. The lowest BCUT2D eigenvalue weighted by molar-refractivity contribution is 0.0970. The minimum Gasteiger partial charge on any atom is -0.496 e. The van der Waals surface area contributed by atoms with Gasteiger partial charge in [-0.25, -0.2) is 0 Å². The van der Waals surface area contributed by atoms with E-state index in [-0.39, 0.29) is 6.04 Å². The van der Waals surface area contributed by atoms with Crippen LogP contribution in [0.3, 0.4) is 0 Å². The smallest absolute Gasteiger partial charge is 0.121 e. The number of methoxy groups -OCH3 is 1. The van der Waals surface area contributed by atoms with Gasteiger partial charge < -0.3 is 14.8 Å². The minimum atomic E-state index is 0.202. The maximum absolute atomic E-state index is 5.67. The lowest BCUT2D eigenvalue weighted by Gasteiger charge is -2.27. The van der Waals surface area contributed by atoms with Crippen molar-refractivity contribution in [1.29, 1.82) is 0 Å². The van der Waals surface area contributed by atoms with Crippen molar-refractivity contribution in [2.75, 3.05) is 19.0 Å². The lowest BCUT2D eigenvalue weighted by Crippen LogP contribution is -2.23. The van der Waals surface area contributed by atoms with Crippen molar-refractivity contribution in [2.45, 2.75) is 19.6 Å². The molecule has 2 aromatic carbocycles. The molecule has 2 aromatic rings. The Labute approximate surface area is 119 Å². The third-order valence-electron chi connectivity index (χ3n) is 3.71. The quantitative estimate of drug-likeness (QED) is 0.922. The van der Waals surface area contributed by atoms with E-state index in [4.69, 9.17) is 9.47 Å². The van der Waals surface area contributed by atoms with Gasteiger partial charge in [0.25, 0.3) is 0 Å². The fourth-order valence-electron chi connectivity index (χ4n) is 2.67. The summed E-state index contributed by atoms with van der Waals surface area (Å²) in [6.07, 6.45) is 0. The zero-order valence-electron chi connectivity index (χ0n) is 11.8. The first-order valence-electron chi connectivity index (χ1n) is 6.84. The summed E-state index contributed by atoms with van der Waals surface area (Å²) in [5.41, 5.74) is 4.81. The van der Waals surface area contributed by atoms with Crippen LogP contribution in [0.5, 0.6) is 5.75 Å². The first kappa shape index (κ1) is 13.0. The molecule has 0 aromatic heterocycles. The average Bonchev–Trinajstić information content (AvgIpc) is 2.48. The highest BCUT2D eigenvalue weighted by Crippen LogP contribution is 2.29. The molecule has 3 nitrogen and oxygen atoms in total. The van der Waals surface area contributed by atoms with E-state index in [0.717, 1.165) is 17.0 Å². The maximum atomic E-state index is 5.67. The molecule has 0 fully saturated rings. The summed E-state index contributed by atoms with van der Waals surface area (Å²) in [5, 5.41) is 3.55. The van der Waals surface area contributed by atoms with Crippen molar-refractivity contribution in [2.24, 2.45) is 0 Å². The molecule has 0 spiro atoms. The van der Waals surface area contributed by atoms with E-state index in [1.54, 1.807) is 7.11 Å². The highest BCUT2D eigenvalue weighted by atomic mass is 16.5. The van der Waals surface area contributed by atoms with E-state index in [1.165, 1.54) is 11.1 Å². The van der Waals surface area contributed by atoms with Gasteiger partial charge in [0.15, 0.2) is 0 Å². The number of hydrogen-bond donors (Lipinski definition) is 1. The van der Waals surface area contributed by atoms with Crippen molar-refractivity contribution in [3.8, 4) is 5.75 Å². The molecule has 0 bridgehead atoms. The van der Waals surface area contributed by atoms with E-state index in [1.807, 2.05) is 12.1 Å². The summed E-state index contributed by atoms with van der Waals surface area (Å²) in [4.78, 5) is 0. The normalized spacial score (nSPS) is 17.4. The topological polar surface area (TPSA) is 30.5 Å².